The van der Waals surface area contributed by atoms with Gasteiger partial charge < -0.3 is 15.5 Å². The number of halogens is 1. The lowest BCUT2D eigenvalue weighted by Gasteiger charge is -2.29. The standard InChI is InChI=1S/C23H20FN7O4/c24-17-3-1-2-4-18(17)26-23(35)25-10-14-12-31(29-28-14)15-6-5-13-11-30(22(34)16(13)9-15)19-7-8-20(32)27-21(19)33/h1-6,9,12,19H,7-8,10-11H2,(H2,25,26,35)(H,27,32,33). The molecule has 0 spiro atoms. The van der Waals surface area contributed by atoms with Crippen LogP contribution in [-0.4, -0.2) is 49.7 Å². The van der Waals surface area contributed by atoms with Gasteiger partial charge in [0.1, 0.15) is 17.6 Å². The summed E-state index contributed by atoms with van der Waals surface area (Å²) in [6.07, 6.45) is 2.08. The number of carbonyl (C=O) groups is 4. The van der Waals surface area contributed by atoms with Gasteiger partial charge in [-0.2, -0.15) is 0 Å². The van der Waals surface area contributed by atoms with E-state index in [1.165, 1.54) is 27.8 Å². The van der Waals surface area contributed by atoms with Crippen LogP contribution in [0.15, 0.2) is 48.7 Å². The Bertz CT molecular complexity index is 1360. The molecule has 1 fully saturated rings. The van der Waals surface area contributed by atoms with Crippen molar-refractivity contribution in [2.75, 3.05) is 5.32 Å². The van der Waals surface area contributed by atoms with Crippen LogP contribution in [0.5, 0.6) is 0 Å². The highest BCUT2D eigenvalue weighted by Crippen LogP contribution is 2.29. The molecule has 0 bridgehead atoms. The third-order valence-corrected chi connectivity index (χ3v) is 5.87. The number of urea groups is 1. The van der Waals surface area contributed by atoms with Gasteiger partial charge in [-0.1, -0.05) is 23.4 Å². The zero-order chi connectivity index (χ0) is 24.5. The highest BCUT2D eigenvalue weighted by molar-refractivity contribution is 6.05. The first-order valence-corrected chi connectivity index (χ1v) is 10.9. The predicted octanol–water partition coefficient (Wildman–Crippen LogP) is 1.49. The van der Waals surface area contributed by atoms with Crippen molar-refractivity contribution in [3.63, 3.8) is 0 Å². The van der Waals surface area contributed by atoms with Crippen molar-refractivity contribution >= 4 is 29.4 Å². The number of piperidine rings is 1. The molecule has 35 heavy (non-hydrogen) atoms. The summed E-state index contributed by atoms with van der Waals surface area (Å²) in [6.45, 7) is 0.331. The predicted molar refractivity (Wildman–Crippen MR) is 120 cm³/mol. The van der Waals surface area contributed by atoms with E-state index < -0.39 is 23.8 Å². The summed E-state index contributed by atoms with van der Waals surface area (Å²) >= 11 is 0. The zero-order valence-corrected chi connectivity index (χ0v) is 18.3. The molecule has 12 heteroatoms. The zero-order valence-electron chi connectivity index (χ0n) is 18.3. The van der Waals surface area contributed by atoms with E-state index in [0.717, 1.165) is 5.56 Å². The smallest absolute Gasteiger partial charge is 0.319 e. The van der Waals surface area contributed by atoms with E-state index >= 15 is 0 Å². The fourth-order valence-electron chi connectivity index (χ4n) is 4.09. The molecule has 3 heterocycles. The van der Waals surface area contributed by atoms with Crippen molar-refractivity contribution in [1.82, 2.24) is 30.5 Å². The van der Waals surface area contributed by atoms with E-state index in [-0.39, 0.29) is 37.0 Å². The monoisotopic (exact) mass is 477 g/mol. The van der Waals surface area contributed by atoms with Crippen LogP contribution in [0.4, 0.5) is 14.9 Å². The lowest BCUT2D eigenvalue weighted by Crippen LogP contribution is -2.52. The Morgan fingerprint density at radius 1 is 1.17 bits per heavy atom. The molecule has 1 unspecified atom stereocenters. The van der Waals surface area contributed by atoms with Gasteiger partial charge in [0.2, 0.25) is 11.8 Å². The Hall–Kier alpha value is -4.61. The van der Waals surface area contributed by atoms with Crippen LogP contribution in [0.3, 0.4) is 0 Å². The van der Waals surface area contributed by atoms with Crippen molar-refractivity contribution < 1.29 is 23.6 Å². The average Bonchev–Trinajstić information content (AvgIpc) is 3.44. The van der Waals surface area contributed by atoms with Gasteiger partial charge >= 0.3 is 6.03 Å². The first-order valence-electron chi connectivity index (χ1n) is 10.9. The third kappa shape index (κ3) is 4.45. The number of hydrogen-bond acceptors (Lipinski definition) is 6. The minimum Gasteiger partial charge on any atom is -0.332 e. The Morgan fingerprint density at radius 2 is 2.00 bits per heavy atom. The summed E-state index contributed by atoms with van der Waals surface area (Å²) in [5.74, 6) is -1.63. The van der Waals surface area contributed by atoms with Gasteiger partial charge in [0.15, 0.2) is 0 Å². The number of anilines is 1. The van der Waals surface area contributed by atoms with Crippen molar-refractivity contribution in [1.29, 1.82) is 0 Å². The molecule has 2 aliphatic rings. The van der Waals surface area contributed by atoms with Crippen LogP contribution in [0, 0.1) is 5.82 Å². The maximum atomic E-state index is 13.7. The summed E-state index contributed by atoms with van der Waals surface area (Å²) < 4.78 is 15.1. The number of nitrogens with one attached hydrogen (secondary N) is 3. The fourth-order valence-corrected chi connectivity index (χ4v) is 4.09. The van der Waals surface area contributed by atoms with Crippen LogP contribution in [0.2, 0.25) is 0 Å². The summed E-state index contributed by atoms with van der Waals surface area (Å²) in [5.41, 5.74) is 2.31. The normalized spacial score (nSPS) is 17.2. The van der Waals surface area contributed by atoms with E-state index in [2.05, 4.69) is 26.3 Å². The lowest BCUT2D eigenvalue weighted by molar-refractivity contribution is -0.136. The van der Waals surface area contributed by atoms with Gasteiger partial charge in [0, 0.05) is 18.5 Å². The first-order chi connectivity index (χ1) is 16.9. The summed E-state index contributed by atoms with van der Waals surface area (Å²) in [6, 6.07) is 9.77. The molecule has 1 aromatic heterocycles. The molecular weight excluding hydrogens is 457 g/mol. The first kappa shape index (κ1) is 22.2. The van der Waals surface area contributed by atoms with Crippen LogP contribution in [0.1, 0.15) is 34.5 Å². The van der Waals surface area contributed by atoms with Crippen molar-refractivity contribution in [2.45, 2.75) is 32.0 Å². The molecule has 5 amide bonds. The number of aromatic nitrogens is 3. The molecule has 5 rings (SSSR count). The number of hydrogen-bond donors (Lipinski definition) is 3. The van der Waals surface area contributed by atoms with E-state index in [0.29, 0.717) is 23.4 Å². The summed E-state index contributed by atoms with van der Waals surface area (Å²) in [4.78, 5) is 50.2. The number of benzene rings is 2. The van der Waals surface area contributed by atoms with Gasteiger partial charge in [-0.15, -0.1) is 5.10 Å². The number of para-hydroxylation sites is 1. The largest absolute Gasteiger partial charge is 0.332 e. The minimum absolute atomic E-state index is 0.0491. The highest BCUT2D eigenvalue weighted by Gasteiger charge is 2.39. The molecule has 3 aromatic rings. The Balaban J connectivity index is 1.24. The molecule has 0 radical (unpaired) electrons. The molecule has 1 atom stereocenters. The van der Waals surface area contributed by atoms with E-state index in [9.17, 15) is 23.6 Å². The van der Waals surface area contributed by atoms with Gasteiger partial charge in [-0.25, -0.2) is 13.9 Å². The molecule has 0 aliphatic carbocycles. The number of nitrogens with zero attached hydrogens (tertiary/aromatic N) is 4. The van der Waals surface area contributed by atoms with Crippen LogP contribution in [-0.2, 0) is 22.7 Å². The van der Waals surface area contributed by atoms with Gasteiger partial charge in [-0.05, 0) is 36.2 Å². The maximum Gasteiger partial charge on any atom is 0.319 e. The summed E-state index contributed by atoms with van der Waals surface area (Å²) in [7, 11) is 0. The van der Waals surface area contributed by atoms with Crippen LogP contribution >= 0.6 is 0 Å². The summed E-state index contributed by atoms with van der Waals surface area (Å²) in [5, 5.41) is 15.4. The van der Waals surface area contributed by atoms with Crippen LogP contribution < -0.4 is 16.0 Å². The van der Waals surface area contributed by atoms with Gasteiger partial charge in [0.05, 0.1) is 24.1 Å². The highest BCUT2D eigenvalue weighted by atomic mass is 19.1. The Labute approximate surface area is 198 Å². The fraction of sp³-hybridized carbons (Fsp3) is 0.217. The quantitative estimate of drug-likeness (QED) is 0.476. The molecule has 2 aliphatic heterocycles. The van der Waals surface area contributed by atoms with Gasteiger partial charge in [-0.3, -0.25) is 19.7 Å². The van der Waals surface area contributed by atoms with E-state index in [4.69, 9.17) is 0 Å². The number of amides is 5. The van der Waals surface area contributed by atoms with Crippen molar-refractivity contribution in [3.8, 4) is 5.69 Å². The second kappa shape index (κ2) is 8.97. The number of fused-ring (bicyclic) bond motifs is 1. The molecule has 0 saturated carbocycles. The maximum absolute atomic E-state index is 13.7. The van der Waals surface area contributed by atoms with Crippen molar-refractivity contribution in [3.05, 3.63) is 71.3 Å². The molecule has 178 valence electrons. The Kier molecular flexibility index (Phi) is 5.69. The second-order valence-electron chi connectivity index (χ2n) is 8.18. The lowest BCUT2D eigenvalue weighted by atomic mass is 10.0. The molecular formula is C23H20FN7O4. The molecule has 2 aromatic carbocycles. The third-order valence-electron chi connectivity index (χ3n) is 5.87. The number of carbonyl (C=O) groups excluding carboxylic acids is 4. The van der Waals surface area contributed by atoms with E-state index in [1.807, 2.05) is 0 Å². The number of rotatable bonds is 5. The number of imide groups is 1. The molecule has 11 nitrogen and oxygen atoms in total. The topological polar surface area (TPSA) is 138 Å². The van der Waals surface area contributed by atoms with E-state index in [1.54, 1.807) is 30.5 Å². The molecule has 3 N–H and O–H groups in total. The van der Waals surface area contributed by atoms with Gasteiger partial charge in [0.25, 0.3) is 5.91 Å². The Morgan fingerprint density at radius 3 is 2.80 bits per heavy atom. The average molecular weight is 477 g/mol. The van der Waals surface area contributed by atoms with Crippen molar-refractivity contribution in [2.24, 2.45) is 0 Å². The molecule has 1 saturated heterocycles. The van der Waals surface area contributed by atoms with Crippen LogP contribution in [0.25, 0.3) is 5.69 Å². The minimum atomic E-state index is -0.685. The SMILES string of the molecule is O=C1CCC(N2Cc3ccc(-n4cc(CNC(=O)Nc5ccccc5F)nn4)cc3C2=O)C(=O)N1. The second-order valence-corrected chi connectivity index (χ2v) is 8.18.